The van der Waals surface area contributed by atoms with Crippen molar-refractivity contribution < 1.29 is 8.42 Å². The fourth-order valence-corrected chi connectivity index (χ4v) is 3.84. The van der Waals surface area contributed by atoms with Crippen LogP contribution < -0.4 is 11.3 Å². The van der Waals surface area contributed by atoms with Gasteiger partial charge in [-0.25, -0.2) is 19.2 Å². The summed E-state index contributed by atoms with van der Waals surface area (Å²) < 4.78 is 26.5. The third kappa shape index (κ3) is 3.05. The number of nitrogens with one attached hydrogen (secondary N) is 1. The number of pyridine rings is 1. The lowest BCUT2D eigenvalue weighted by molar-refractivity contribution is 0.269. The third-order valence-electron chi connectivity index (χ3n) is 3.67. The molecule has 0 spiro atoms. The summed E-state index contributed by atoms with van der Waals surface area (Å²) in [5.41, 5.74) is 2.36. The first-order valence-corrected chi connectivity index (χ1v) is 7.94. The molecular formula is C12H20N4O2S. The topological polar surface area (TPSA) is 88.3 Å². The minimum absolute atomic E-state index is 0.241. The van der Waals surface area contributed by atoms with Gasteiger partial charge >= 0.3 is 0 Å². The number of nitrogen functional groups attached to an aromatic ring is 1. The van der Waals surface area contributed by atoms with Crippen LogP contribution in [-0.2, 0) is 10.0 Å². The number of hydrazine groups is 1. The zero-order valence-electron chi connectivity index (χ0n) is 11.0. The van der Waals surface area contributed by atoms with E-state index in [4.69, 9.17) is 5.84 Å². The second-order valence-corrected chi connectivity index (χ2v) is 6.71. The monoisotopic (exact) mass is 284 g/mol. The van der Waals surface area contributed by atoms with E-state index < -0.39 is 10.0 Å². The van der Waals surface area contributed by atoms with E-state index in [9.17, 15) is 8.42 Å². The highest BCUT2D eigenvalue weighted by atomic mass is 32.2. The number of aromatic nitrogens is 1. The van der Waals surface area contributed by atoms with E-state index in [1.54, 1.807) is 4.31 Å². The zero-order chi connectivity index (χ0) is 13.9. The molecule has 6 nitrogen and oxygen atoms in total. The summed E-state index contributed by atoms with van der Waals surface area (Å²) in [7, 11) is -3.43. The normalized spacial score (nSPS) is 18.4. The van der Waals surface area contributed by atoms with Crippen molar-refractivity contribution in [2.24, 2.45) is 11.8 Å². The highest BCUT2D eigenvalue weighted by molar-refractivity contribution is 7.89. The SMILES string of the molecule is CCC1CCN(S(=O)(=O)c2ccnc(NN)c2)CC1. The fraction of sp³-hybridized carbons (Fsp3) is 0.583. The van der Waals surface area contributed by atoms with Crippen LogP contribution in [0.15, 0.2) is 23.2 Å². The maximum Gasteiger partial charge on any atom is 0.243 e. The maximum atomic E-state index is 12.5. The lowest BCUT2D eigenvalue weighted by Crippen LogP contribution is -2.38. The number of anilines is 1. The Labute approximate surface area is 114 Å². The van der Waals surface area contributed by atoms with E-state index in [1.165, 1.54) is 18.3 Å². The van der Waals surface area contributed by atoms with Gasteiger partial charge in [0.15, 0.2) is 0 Å². The average Bonchev–Trinajstić information content (AvgIpc) is 2.47. The van der Waals surface area contributed by atoms with Crippen LogP contribution in [-0.4, -0.2) is 30.8 Å². The molecule has 0 atom stereocenters. The molecule has 1 aliphatic heterocycles. The van der Waals surface area contributed by atoms with Crippen LogP contribution in [0.4, 0.5) is 5.82 Å². The Kier molecular flexibility index (Phi) is 4.38. The number of nitrogens with zero attached hydrogens (tertiary/aromatic N) is 2. The van der Waals surface area contributed by atoms with E-state index in [0.717, 1.165) is 19.3 Å². The van der Waals surface area contributed by atoms with Gasteiger partial charge in [-0.1, -0.05) is 13.3 Å². The smallest absolute Gasteiger partial charge is 0.243 e. The Morgan fingerprint density at radius 3 is 2.74 bits per heavy atom. The van der Waals surface area contributed by atoms with E-state index in [2.05, 4.69) is 17.3 Å². The highest BCUT2D eigenvalue weighted by Crippen LogP contribution is 2.25. The second-order valence-electron chi connectivity index (χ2n) is 4.78. The van der Waals surface area contributed by atoms with E-state index in [-0.39, 0.29) is 4.90 Å². The number of hydrogen-bond donors (Lipinski definition) is 2. The minimum atomic E-state index is -3.43. The van der Waals surface area contributed by atoms with Gasteiger partial charge in [0.2, 0.25) is 10.0 Å². The van der Waals surface area contributed by atoms with Crippen molar-refractivity contribution in [3.8, 4) is 0 Å². The summed E-state index contributed by atoms with van der Waals surface area (Å²) in [6, 6.07) is 2.96. The molecule has 0 aliphatic carbocycles. The molecule has 0 saturated carbocycles. The Hall–Kier alpha value is -1.18. The molecule has 0 bridgehead atoms. The van der Waals surface area contributed by atoms with Gasteiger partial charge in [-0.15, -0.1) is 0 Å². The summed E-state index contributed by atoms with van der Waals surface area (Å²) in [6.45, 7) is 3.33. The van der Waals surface area contributed by atoms with Crippen molar-refractivity contribution in [2.75, 3.05) is 18.5 Å². The van der Waals surface area contributed by atoms with Crippen molar-refractivity contribution in [3.63, 3.8) is 0 Å². The summed E-state index contributed by atoms with van der Waals surface area (Å²) in [5.74, 6) is 6.25. The molecule has 0 amide bonds. The zero-order valence-corrected chi connectivity index (χ0v) is 11.9. The van der Waals surface area contributed by atoms with Crippen LogP contribution in [0.5, 0.6) is 0 Å². The van der Waals surface area contributed by atoms with Crippen molar-refractivity contribution in [1.29, 1.82) is 0 Å². The Bertz CT molecular complexity index is 524. The molecule has 2 rings (SSSR count). The van der Waals surface area contributed by atoms with E-state index in [0.29, 0.717) is 24.8 Å². The number of hydrogen-bond acceptors (Lipinski definition) is 5. The largest absolute Gasteiger partial charge is 0.308 e. The first-order valence-electron chi connectivity index (χ1n) is 6.50. The van der Waals surface area contributed by atoms with Crippen LogP contribution in [0, 0.1) is 5.92 Å². The van der Waals surface area contributed by atoms with Gasteiger partial charge < -0.3 is 5.43 Å². The van der Waals surface area contributed by atoms with Crippen LogP contribution in [0.2, 0.25) is 0 Å². The summed E-state index contributed by atoms with van der Waals surface area (Å²) in [5, 5.41) is 0. The van der Waals surface area contributed by atoms with Crippen LogP contribution in [0.3, 0.4) is 0 Å². The summed E-state index contributed by atoms with van der Waals surface area (Å²) in [4.78, 5) is 4.16. The van der Waals surface area contributed by atoms with Gasteiger partial charge in [-0.2, -0.15) is 4.31 Å². The molecule has 1 aromatic heterocycles. The molecule has 1 aromatic rings. The Morgan fingerprint density at radius 1 is 1.47 bits per heavy atom. The van der Waals surface area contributed by atoms with Crippen LogP contribution >= 0.6 is 0 Å². The van der Waals surface area contributed by atoms with Crippen molar-refractivity contribution in [1.82, 2.24) is 9.29 Å². The van der Waals surface area contributed by atoms with Gasteiger partial charge in [-0.3, -0.25) is 0 Å². The van der Waals surface area contributed by atoms with Gasteiger partial charge in [0.1, 0.15) is 5.82 Å². The molecule has 19 heavy (non-hydrogen) atoms. The van der Waals surface area contributed by atoms with Crippen LogP contribution in [0.1, 0.15) is 26.2 Å². The van der Waals surface area contributed by atoms with Gasteiger partial charge in [0, 0.05) is 25.4 Å². The van der Waals surface area contributed by atoms with E-state index >= 15 is 0 Å². The van der Waals surface area contributed by atoms with Crippen LogP contribution in [0.25, 0.3) is 0 Å². The third-order valence-corrected chi connectivity index (χ3v) is 5.56. The van der Waals surface area contributed by atoms with Gasteiger partial charge in [-0.05, 0) is 24.8 Å². The Morgan fingerprint density at radius 2 is 2.16 bits per heavy atom. The molecule has 7 heteroatoms. The van der Waals surface area contributed by atoms with Gasteiger partial charge in [0.25, 0.3) is 0 Å². The highest BCUT2D eigenvalue weighted by Gasteiger charge is 2.28. The molecule has 1 fully saturated rings. The fourth-order valence-electron chi connectivity index (χ4n) is 2.36. The standard InChI is InChI=1S/C12H20N4O2S/c1-2-10-4-7-16(8-5-10)19(17,18)11-3-6-14-12(9-11)15-13/h3,6,9-10H,2,4-5,7-8,13H2,1H3,(H,14,15). The predicted molar refractivity (Wildman–Crippen MR) is 73.8 cm³/mol. The molecule has 0 unspecified atom stereocenters. The molecule has 3 N–H and O–H groups in total. The molecule has 0 radical (unpaired) electrons. The molecule has 0 aromatic carbocycles. The Balaban J connectivity index is 2.18. The quantitative estimate of drug-likeness (QED) is 0.640. The second kappa shape index (κ2) is 5.85. The van der Waals surface area contributed by atoms with E-state index in [1.807, 2.05) is 0 Å². The number of rotatable bonds is 4. The molecular weight excluding hydrogens is 264 g/mol. The lowest BCUT2D eigenvalue weighted by atomic mass is 9.96. The first-order chi connectivity index (χ1) is 9.07. The van der Waals surface area contributed by atoms with Crippen molar-refractivity contribution >= 4 is 15.8 Å². The lowest BCUT2D eigenvalue weighted by Gasteiger charge is -2.30. The molecule has 2 heterocycles. The first kappa shape index (κ1) is 14.2. The maximum absolute atomic E-state index is 12.5. The minimum Gasteiger partial charge on any atom is -0.308 e. The number of sulfonamides is 1. The number of nitrogens with two attached hydrogens (primary N) is 1. The molecule has 1 aliphatic rings. The average molecular weight is 284 g/mol. The molecule has 1 saturated heterocycles. The summed E-state index contributed by atoms with van der Waals surface area (Å²) in [6.07, 6.45) is 4.43. The van der Waals surface area contributed by atoms with Crippen molar-refractivity contribution in [3.05, 3.63) is 18.3 Å². The van der Waals surface area contributed by atoms with Gasteiger partial charge in [0.05, 0.1) is 4.90 Å². The number of piperidine rings is 1. The predicted octanol–water partition coefficient (Wildman–Crippen LogP) is 1.18. The summed E-state index contributed by atoms with van der Waals surface area (Å²) >= 11 is 0. The van der Waals surface area contributed by atoms with Crippen molar-refractivity contribution in [2.45, 2.75) is 31.1 Å². The molecule has 106 valence electrons.